The van der Waals surface area contributed by atoms with E-state index in [1.54, 1.807) is 0 Å². The van der Waals surface area contributed by atoms with Gasteiger partial charge in [-0.3, -0.25) is 4.79 Å². The first-order valence-corrected chi connectivity index (χ1v) is 5.98. The van der Waals surface area contributed by atoms with Crippen molar-refractivity contribution in [2.24, 2.45) is 0 Å². The Morgan fingerprint density at radius 3 is 2.45 bits per heavy atom. The van der Waals surface area contributed by atoms with Crippen molar-refractivity contribution in [3.8, 4) is 0 Å². The topological polar surface area (TPSA) is 69.6 Å². The molecule has 0 saturated heterocycles. The van der Waals surface area contributed by atoms with Gasteiger partial charge in [0.2, 0.25) is 5.91 Å². The normalized spacial score (nSPS) is 14.8. The van der Waals surface area contributed by atoms with Gasteiger partial charge in [0.1, 0.15) is 12.2 Å². The van der Waals surface area contributed by atoms with Gasteiger partial charge in [-0.2, -0.15) is 13.2 Å². The van der Waals surface area contributed by atoms with Crippen molar-refractivity contribution >= 4 is 17.5 Å². The van der Waals surface area contributed by atoms with E-state index in [4.69, 9.17) is 11.6 Å². The van der Waals surface area contributed by atoms with Crippen LogP contribution in [-0.4, -0.2) is 28.8 Å². The number of hydrogen-bond donors (Lipinski definition) is 3. The molecule has 8 heteroatoms. The number of amides is 1. The smallest absolute Gasteiger partial charge is 0.388 e. The molecule has 1 amide bonds. The number of nitrogens with one attached hydrogen (secondary N) is 1. The van der Waals surface area contributed by atoms with E-state index in [0.29, 0.717) is 6.07 Å². The molecule has 1 aromatic carbocycles. The van der Waals surface area contributed by atoms with Gasteiger partial charge in [0, 0.05) is 24.1 Å². The second-order valence-corrected chi connectivity index (χ2v) is 4.59. The summed E-state index contributed by atoms with van der Waals surface area (Å²) in [6.07, 6.45) is -7.42. The van der Waals surface area contributed by atoms with E-state index in [-0.39, 0.29) is 17.1 Å². The Labute approximate surface area is 118 Å². The van der Waals surface area contributed by atoms with E-state index in [2.05, 4.69) is 5.32 Å². The summed E-state index contributed by atoms with van der Waals surface area (Å²) < 4.78 is 37.4. The summed E-state index contributed by atoms with van der Waals surface area (Å²) in [5, 5.41) is 21.4. The number of hydrogen-bond acceptors (Lipinski definition) is 3. The molecule has 0 aliphatic rings. The zero-order chi connectivity index (χ0) is 15.5. The Morgan fingerprint density at radius 1 is 1.40 bits per heavy atom. The van der Waals surface area contributed by atoms with E-state index < -0.39 is 29.9 Å². The van der Waals surface area contributed by atoms with E-state index >= 15 is 0 Å². The summed E-state index contributed by atoms with van der Waals surface area (Å²) in [7, 11) is 0. The first-order valence-electron chi connectivity index (χ1n) is 5.60. The zero-order valence-corrected chi connectivity index (χ0v) is 11.2. The molecule has 1 rings (SSSR count). The molecule has 20 heavy (non-hydrogen) atoms. The molecule has 0 spiro atoms. The fourth-order valence-corrected chi connectivity index (χ4v) is 1.80. The molecule has 0 saturated carbocycles. The Bertz CT molecular complexity index is 493. The van der Waals surface area contributed by atoms with Crippen LogP contribution in [0.3, 0.4) is 0 Å². The number of carbonyl (C=O) groups excluding carboxylic acids is 1. The third kappa shape index (κ3) is 4.36. The molecule has 1 aromatic rings. The van der Waals surface area contributed by atoms with Crippen LogP contribution in [0, 0.1) is 0 Å². The quantitative estimate of drug-likeness (QED) is 0.795. The number of aliphatic hydroxyl groups is 2. The molecule has 0 aliphatic carbocycles. The molecule has 2 unspecified atom stereocenters. The molecule has 4 nitrogen and oxygen atoms in total. The van der Waals surface area contributed by atoms with E-state index in [0.717, 1.165) is 12.1 Å². The van der Waals surface area contributed by atoms with E-state index in [1.165, 1.54) is 6.92 Å². The van der Waals surface area contributed by atoms with Gasteiger partial charge in [-0.05, 0) is 12.1 Å². The van der Waals surface area contributed by atoms with Gasteiger partial charge in [-0.1, -0.05) is 17.7 Å². The minimum Gasteiger partial charge on any atom is -0.388 e. The predicted molar refractivity (Wildman–Crippen MR) is 66.1 cm³/mol. The monoisotopic (exact) mass is 311 g/mol. The standard InChI is InChI=1S/C12H13ClF3NO3/c1-6(18)17-5-10(19)11(20)8-3-2-7(4-9(8)13)12(14,15)16/h2-4,10-11,19-20H,5H2,1H3,(H,17,18). The zero-order valence-electron chi connectivity index (χ0n) is 10.4. The lowest BCUT2D eigenvalue weighted by atomic mass is 10.0. The highest BCUT2D eigenvalue weighted by Crippen LogP contribution is 2.34. The summed E-state index contributed by atoms with van der Waals surface area (Å²) in [5.41, 5.74) is -0.993. The molecular weight excluding hydrogens is 299 g/mol. The molecule has 0 bridgehead atoms. The maximum absolute atomic E-state index is 12.5. The molecule has 112 valence electrons. The van der Waals surface area contributed by atoms with Crippen LogP contribution in [0.25, 0.3) is 0 Å². The Morgan fingerprint density at radius 2 is 2.00 bits per heavy atom. The second-order valence-electron chi connectivity index (χ2n) is 4.18. The largest absolute Gasteiger partial charge is 0.416 e. The van der Waals surface area contributed by atoms with E-state index in [1.807, 2.05) is 0 Å². The molecule has 0 radical (unpaired) electrons. The van der Waals surface area contributed by atoms with Gasteiger partial charge in [-0.25, -0.2) is 0 Å². The summed E-state index contributed by atoms with van der Waals surface area (Å²) in [6, 6.07) is 2.42. The lowest BCUT2D eigenvalue weighted by Crippen LogP contribution is -2.34. The van der Waals surface area contributed by atoms with Crippen molar-refractivity contribution in [3.05, 3.63) is 34.3 Å². The lowest BCUT2D eigenvalue weighted by molar-refractivity contribution is -0.137. The maximum Gasteiger partial charge on any atom is 0.416 e. The first-order chi connectivity index (χ1) is 9.12. The van der Waals surface area contributed by atoms with Gasteiger partial charge in [0.15, 0.2) is 0 Å². The van der Waals surface area contributed by atoms with Gasteiger partial charge in [0.25, 0.3) is 0 Å². The van der Waals surface area contributed by atoms with Crippen molar-refractivity contribution in [1.82, 2.24) is 5.32 Å². The number of halogens is 4. The highest BCUT2D eigenvalue weighted by atomic mass is 35.5. The van der Waals surface area contributed by atoms with Crippen LogP contribution in [0.5, 0.6) is 0 Å². The average molecular weight is 312 g/mol. The van der Waals surface area contributed by atoms with Gasteiger partial charge in [-0.15, -0.1) is 0 Å². The number of benzene rings is 1. The number of carbonyl (C=O) groups is 1. The van der Waals surface area contributed by atoms with Crippen LogP contribution in [0.1, 0.15) is 24.2 Å². The van der Waals surface area contributed by atoms with Crippen molar-refractivity contribution in [3.63, 3.8) is 0 Å². The summed E-state index contributed by atoms with van der Waals surface area (Å²) in [5.74, 6) is -0.408. The van der Waals surface area contributed by atoms with Crippen LogP contribution in [0.4, 0.5) is 13.2 Å². The van der Waals surface area contributed by atoms with Gasteiger partial charge in [0.05, 0.1) is 5.56 Å². The summed E-state index contributed by atoms with van der Waals surface area (Å²) in [6.45, 7) is 0.984. The van der Waals surface area contributed by atoms with Crippen molar-refractivity contribution in [2.75, 3.05) is 6.54 Å². The molecule has 0 fully saturated rings. The number of rotatable bonds is 4. The third-order valence-electron chi connectivity index (χ3n) is 2.57. The highest BCUT2D eigenvalue weighted by Gasteiger charge is 2.32. The Hall–Kier alpha value is -1.31. The highest BCUT2D eigenvalue weighted by molar-refractivity contribution is 6.31. The average Bonchev–Trinajstić information content (AvgIpc) is 2.33. The molecule has 3 N–H and O–H groups in total. The molecule has 0 heterocycles. The van der Waals surface area contributed by atoms with Crippen LogP contribution in [0.2, 0.25) is 5.02 Å². The molecule has 2 atom stereocenters. The van der Waals surface area contributed by atoms with Gasteiger partial charge >= 0.3 is 6.18 Å². The fraction of sp³-hybridized carbons (Fsp3) is 0.417. The Balaban J connectivity index is 2.88. The first kappa shape index (κ1) is 16.7. The van der Waals surface area contributed by atoms with Gasteiger partial charge < -0.3 is 15.5 Å². The predicted octanol–water partition coefficient (Wildman–Crippen LogP) is 1.89. The van der Waals surface area contributed by atoms with Crippen LogP contribution in [0.15, 0.2) is 18.2 Å². The summed E-state index contributed by atoms with van der Waals surface area (Å²) in [4.78, 5) is 10.7. The lowest BCUT2D eigenvalue weighted by Gasteiger charge is -2.20. The van der Waals surface area contributed by atoms with Crippen LogP contribution in [-0.2, 0) is 11.0 Å². The SMILES string of the molecule is CC(=O)NCC(O)C(O)c1ccc(C(F)(F)F)cc1Cl. The minimum atomic E-state index is -4.54. The number of alkyl halides is 3. The van der Waals surface area contributed by atoms with Crippen LogP contribution < -0.4 is 5.32 Å². The molecular formula is C12H13ClF3NO3. The van der Waals surface area contributed by atoms with Crippen molar-refractivity contribution < 1.29 is 28.2 Å². The third-order valence-corrected chi connectivity index (χ3v) is 2.90. The second kappa shape index (κ2) is 6.43. The number of aliphatic hydroxyl groups excluding tert-OH is 2. The van der Waals surface area contributed by atoms with Crippen LogP contribution >= 0.6 is 11.6 Å². The summed E-state index contributed by atoms with van der Waals surface area (Å²) >= 11 is 5.68. The van der Waals surface area contributed by atoms with E-state index in [9.17, 15) is 28.2 Å². The fourth-order valence-electron chi connectivity index (χ4n) is 1.51. The Kier molecular flexibility index (Phi) is 5.38. The molecule has 0 aromatic heterocycles. The molecule has 0 aliphatic heterocycles. The maximum atomic E-state index is 12.5. The van der Waals surface area contributed by atoms with Crippen molar-refractivity contribution in [1.29, 1.82) is 0 Å². The van der Waals surface area contributed by atoms with Crippen molar-refractivity contribution in [2.45, 2.75) is 25.3 Å². The minimum absolute atomic E-state index is 0.0440.